The number of fused-ring (bicyclic) bond motifs is 1. The Kier molecular flexibility index (Phi) is 6.55. The van der Waals surface area contributed by atoms with Crippen LogP contribution in [-0.2, 0) is 19.0 Å². The molecule has 0 radical (unpaired) electrons. The lowest BCUT2D eigenvalue weighted by molar-refractivity contribution is -0.161. The fraction of sp³-hybridized carbons (Fsp3) is 0.650. The van der Waals surface area contributed by atoms with Crippen molar-refractivity contribution < 1.29 is 19.0 Å². The zero-order chi connectivity index (χ0) is 20.3. The van der Waals surface area contributed by atoms with Gasteiger partial charge in [-0.3, -0.25) is 4.79 Å². The first-order chi connectivity index (χ1) is 13.3. The smallest absolute Gasteiger partial charge is 0.311 e. The van der Waals surface area contributed by atoms with Crippen LogP contribution in [0.3, 0.4) is 0 Å². The van der Waals surface area contributed by atoms with Crippen molar-refractivity contribution in [1.82, 2.24) is 0 Å². The number of ether oxygens (including phenoxy) is 3. The molecule has 0 aromatic heterocycles. The third kappa shape index (κ3) is 4.46. The first kappa shape index (κ1) is 21.0. The van der Waals surface area contributed by atoms with Crippen molar-refractivity contribution in [1.29, 1.82) is 0 Å². The highest BCUT2D eigenvalue weighted by Gasteiger charge is 2.54. The minimum Gasteiger partial charge on any atom is -0.458 e. The largest absolute Gasteiger partial charge is 0.458 e. The summed E-state index contributed by atoms with van der Waals surface area (Å²) >= 11 is 1.53. The maximum Gasteiger partial charge on any atom is 0.311 e. The highest BCUT2D eigenvalue weighted by molar-refractivity contribution is 7.99. The highest BCUT2D eigenvalue weighted by atomic mass is 32.2. The van der Waals surface area contributed by atoms with Gasteiger partial charge in [-0.05, 0) is 51.3 Å². The predicted octanol–water partition coefficient (Wildman–Crippen LogP) is 4.57. The number of esters is 1. The quantitative estimate of drug-likeness (QED) is 0.310. The molecule has 6 atom stereocenters. The number of hydrogen-bond donors (Lipinski definition) is 0. The Bertz CT molecular complexity index is 733. The van der Waals surface area contributed by atoms with Gasteiger partial charge in [-0.2, -0.15) is 0 Å². The lowest BCUT2D eigenvalue weighted by Crippen LogP contribution is -2.47. The van der Waals surface area contributed by atoms with Crippen LogP contribution in [0.2, 0.25) is 0 Å². The molecular weight excluding hydrogens is 378 g/mol. The summed E-state index contributed by atoms with van der Waals surface area (Å²) in [5.41, 5.74) is 8.06. The normalized spacial score (nSPS) is 32.3. The SMILES string of the molecule is CO[C@@H]1CC[C@H]2[C@@H](OC(=O)C(C)(C)C)[C@@H](Sc3ccccc3)O[C@@H]2[C@@H]1N=[N+]=[N-]. The van der Waals surface area contributed by atoms with Crippen molar-refractivity contribution in [2.24, 2.45) is 16.4 Å². The van der Waals surface area contributed by atoms with E-state index in [0.717, 1.165) is 17.7 Å². The molecule has 28 heavy (non-hydrogen) atoms. The second-order valence-electron chi connectivity index (χ2n) is 8.23. The van der Waals surface area contributed by atoms with Crippen molar-refractivity contribution in [3.8, 4) is 0 Å². The molecule has 0 N–H and O–H groups in total. The number of hydrogen-bond acceptors (Lipinski definition) is 6. The third-order valence-corrected chi connectivity index (χ3v) is 6.40. The lowest BCUT2D eigenvalue weighted by atomic mass is 9.80. The lowest BCUT2D eigenvalue weighted by Gasteiger charge is -2.36. The minimum atomic E-state index is -0.603. The molecule has 1 aliphatic carbocycles. The van der Waals surface area contributed by atoms with Gasteiger partial charge >= 0.3 is 5.97 Å². The van der Waals surface area contributed by atoms with Gasteiger partial charge in [-0.15, -0.1) is 0 Å². The van der Waals surface area contributed by atoms with Crippen LogP contribution in [0.5, 0.6) is 0 Å². The summed E-state index contributed by atoms with van der Waals surface area (Å²) in [7, 11) is 1.62. The molecule has 1 saturated carbocycles. The Morgan fingerprint density at radius 3 is 2.61 bits per heavy atom. The Hall–Kier alpha value is -1.73. The van der Waals surface area contributed by atoms with Gasteiger partial charge in [0.15, 0.2) is 0 Å². The fourth-order valence-corrected chi connectivity index (χ4v) is 4.91. The van der Waals surface area contributed by atoms with E-state index in [9.17, 15) is 4.79 Å². The maximum absolute atomic E-state index is 12.6. The molecule has 0 bridgehead atoms. The second-order valence-corrected chi connectivity index (χ2v) is 9.40. The average Bonchev–Trinajstić information content (AvgIpc) is 3.00. The molecule has 2 fully saturated rings. The minimum absolute atomic E-state index is 0.0330. The van der Waals surface area contributed by atoms with Gasteiger partial charge in [0.1, 0.15) is 11.5 Å². The highest BCUT2D eigenvalue weighted by Crippen LogP contribution is 2.46. The number of benzene rings is 1. The Morgan fingerprint density at radius 2 is 2.00 bits per heavy atom. The molecule has 0 unspecified atom stereocenters. The molecule has 2 aliphatic rings. The van der Waals surface area contributed by atoms with Crippen LogP contribution in [0.1, 0.15) is 33.6 Å². The van der Waals surface area contributed by atoms with Crippen molar-refractivity contribution in [3.63, 3.8) is 0 Å². The first-order valence-electron chi connectivity index (χ1n) is 9.50. The molecule has 152 valence electrons. The van der Waals surface area contributed by atoms with E-state index in [-0.39, 0.29) is 29.5 Å². The van der Waals surface area contributed by atoms with Gasteiger partial charge in [0, 0.05) is 22.8 Å². The van der Waals surface area contributed by atoms with Crippen LogP contribution < -0.4 is 0 Å². The van der Waals surface area contributed by atoms with E-state index in [4.69, 9.17) is 19.7 Å². The van der Waals surface area contributed by atoms with Crippen molar-refractivity contribution in [3.05, 3.63) is 40.8 Å². The van der Waals surface area contributed by atoms with E-state index >= 15 is 0 Å². The summed E-state index contributed by atoms with van der Waals surface area (Å²) in [5.74, 6) is -0.288. The summed E-state index contributed by atoms with van der Waals surface area (Å²) in [6, 6.07) is 9.44. The number of nitrogens with zero attached hydrogens (tertiary/aromatic N) is 3. The molecule has 1 saturated heterocycles. The van der Waals surface area contributed by atoms with E-state index < -0.39 is 17.6 Å². The van der Waals surface area contributed by atoms with Gasteiger partial charge in [0.25, 0.3) is 0 Å². The molecule has 8 heteroatoms. The number of methoxy groups -OCH3 is 1. The van der Waals surface area contributed by atoms with E-state index in [2.05, 4.69) is 10.0 Å². The summed E-state index contributed by atoms with van der Waals surface area (Å²) in [4.78, 5) is 16.7. The van der Waals surface area contributed by atoms with Crippen LogP contribution in [-0.4, -0.2) is 42.9 Å². The number of thioether (sulfide) groups is 1. The summed E-state index contributed by atoms with van der Waals surface area (Å²) in [5, 5.41) is 3.96. The second kappa shape index (κ2) is 8.74. The molecule has 0 amide bonds. The Labute approximate surface area is 169 Å². The van der Waals surface area contributed by atoms with E-state index in [0.29, 0.717) is 0 Å². The number of azide groups is 1. The summed E-state index contributed by atoms with van der Waals surface area (Å²) in [6.45, 7) is 5.52. The van der Waals surface area contributed by atoms with Gasteiger partial charge in [-0.1, -0.05) is 35.1 Å². The Morgan fingerprint density at radius 1 is 1.29 bits per heavy atom. The number of carbonyl (C=O) groups excluding carboxylic acids is 1. The number of rotatable bonds is 5. The topological polar surface area (TPSA) is 93.5 Å². The van der Waals surface area contributed by atoms with Crippen molar-refractivity contribution in [2.75, 3.05) is 7.11 Å². The molecule has 1 aliphatic heterocycles. The molecular formula is C20H27N3O4S. The summed E-state index contributed by atoms with van der Waals surface area (Å²) < 4.78 is 17.8. The van der Waals surface area contributed by atoms with Crippen LogP contribution in [0.4, 0.5) is 0 Å². The molecule has 0 spiro atoms. The molecule has 7 nitrogen and oxygen atoms in total. The van der Waals surface area contributed by atoms with Crippen molar-refractivity contribution in [2.45, 2.75) is 68.3 Å². The van der Waals surface area contributed by atoms with Crippen molar-refractivity contribution >= 4 is 17.7 Å². The monoisotopic (exact) mass is 405 g/mol. The Balaban J connectivity index is 1.88. The first-order valence-corrected chi connectivity index (χ1v) is 10.4. The van der Waals surface area contributed by atoms with Gasteiger partial charge < -0.3 is 14.2 Å². The maximum atomic E-state index is 12.6. The molecule has 1 aromatic rings. The zero-order valence-corrected chi connectivity index (χ0v) is 17.5. The van der Waals surface area contributed by atoms with Crippen LogP contribution in [0, 0.1) is 11.3 Å². The van der Waals surface area contributed by atoms with Crippen LogP contribution in [0.15, 0.2) is 40.3 Å². The number of carbonyl (C=O) groups is 1. The standard InChI is InChI=1S/C20H27N3O4S/c1-20(2,3)19(24)27-17-13-10-11-14(25-4)15(22-23-21)16(13)26-18(17)28-12-8-6-5-7-9-12/h5-9,13-18H,10-11H2,1-4H3/t13-,14-,15-,16+,17-,18-/m1/s1. The van der Waals surface area contributed by atoms with E-state index in [1.807, 2.05) is 51.1 Å². The molecule has 1 aromatic carbocycles. The summed E-state index contributed by atoms with van der Waals surface area (Å²) in [6.07, 6.45) is 0.576. The molecule has 3 rings (SSSR count). The van der Waals surface area contributed by atoms with Gasteiger partial charge in [-0.25, -0.2) is 0 Å². The van der Waals surface area contributed by atoms with Crippen LogP contribution >= 0.6 is 11.8 Å². The predicted molar refractivity (Wildman–Crippen MR) is 107 cm³/mol. The molecule has 1 heterocycles. The van der Waals surface area contributed by atoms with E-state index in [1.54, 1.807) is 7.11 Å². The average molecular weight is 406 g/mol. The van der Waals surface area contributed by atoms with Gasteiger partial charge in [0.05, 0.1) is 23.7 Å². The third-order valence-electron chi connectivity index (χ3n) is 5.24. The van der Waals surface area contributed by atoms with Crippen LogP contribution in [0.25, 0.3) is 10.4 Å². The zero-order valence-electron chi connectivity index (χ0n) is 16.6. The van der Waals surface area contributed by atoms with Gasteiger partial charge in [0.2, 0.25) is 0 Å². The fourth-order valence-electron chi connectivity index (χ4n) is 3.75. The van der Waals surface area contributed by atoms with E-state index in [1.165, 1.54) is 11.8 Å².